The number of thiol groups is 1. The summed E-state index contributed by atoms with van der Waals surface area (Å²) in [6.07, 6.45) is -0.235. The standard InChI is InChI=1S/C13H9NOSe.C10H17N3O6S/c15-13-11-8-4-5-9-12(11)16-14(13)10-6-2-1-3-7-10;11-5(10(18)19)1-2-7(14)13-6(4-20)9(17)12-3-8(15)16/h1-9H;5-6,20H,1-4,11H2,(H,12,17)(H,13,14)(H,15,16)(H,18,19)/t;5-,6-/m.0/s1. The maximum absolute atomic E-state index is 12.1. The molecule has 0 saturated carbocycles. The second kappa shape index (κ2) is 14.2. The van der Waals surface area contributed by atoms with Crippen LogP contribution < -0.4 is 21.9 Å². The fraction of sp³-hybridized carbons (Fsp3) is 0.261. The first-order valence-corrected chi connectivity index (χ1v) is 12.9. The Labute approximate surface area is 217 Å². The van der Waals surface area contributed by atoms with Crippen molar-refractivity contribution >= 4 is 60.8 Å². The van der Waals surface area contributed by atoms with E-state index in [4.69, 9.17) is 15.9 Å². The van der Waals surface area contributed by atoms with Gasteiger partial charge in [-0.05, 0) is 6.42 Å². The average molecular weight is 582 g/mol. The van der Waals surface area contributed by atoms with Gasteiger partial charge in [-0.1, -0.05) is 0 Å². The molecule has 1 heterocycles. The first-order chi connectivity index (χ1) is 17.1. The third kappa shape index (κ3) is 8.68. The number of aliphatic carboxylic acids is 2. The molecule has 1 aromatic heterocycles. The molecule has 2 aromatic carbocycles. The fourth-order valence-corrected chi connectivity index (χ4v) is 5.21. The van der Waals surface area contributed by atoms with Crippen LogP contribution in [0.4, 0.5) is 0 Å². The third-order valence-electron chi connectivity index (χ3n) is 4.73. The van der Waals surface area contributed by atoms with Crippen molar-refractivity contribution in [1.82, 2.24) is 14.2 Å². The topological polar surface area (TPSA) is 181 Å². The Morgan fingerprint density at radius 3 is 2.25 bits per heavy atom. The van der Waals surface area contributed by atoms with E-state index >= 15 is 0 Å². The van der Waals surface area contributed by atoms with Gasteiger partial charge < -0.3 is 26.6 Å². The second-order valence-electron chi connectivity index (χ2n) is 7.42. The summed E-state index contributed by atoms with van der Waals surface area (Å²) in [5, 5.41) is 22.2. The van der Waals surface area contributed by atoms with Gasteiger partial charge in [0.05, 0.1) is 0 Å². The van der Waals surface area contributed by atoms with Gasteiger partial charge >= 0.3 is 111 Å². The van der Waals surface area contributed by atoms with Gasteiger partial charge in [-0.2, -0.15) is 12.6 Å². The van der Waals surface area contributed by atoms with Crippen molar-refractivity contribution in [3.63, 3.8) is 0 Å². The third-order valence-corrected chi connectivity index (χ3v) is 7.43. The van der Waals surface area contributed by atoms with E-state index < -0.39 is 42.4 Å². The molecule has 0 fully saturated rings. The molecule has 0 aliphatic carbocycles. The molecule has 3 rings (SSSR count). The van der Waals surface area contributed by atoms with Crippen LogP contribution in [0.3, 0.4) is 0 Å². The van der Waals surface area contributed by atoms with Crippen LogP contribution in [0.5, 0.6) is 0 Å². The number of hydrogen-bond donors (Lipinski definition) is 6. The molecule has 13 heteroatoms. The Morgan fingerprint density at radius 1 is 1.03 bits per heavy atom. The molecule has 11 nitrogen and oxygen atoms in total. The van der Waals surface area contributed by atoms with Crippen molar-refractivity contribution < 1.29 is 29.4 Å². The number of para-hydroxylation sites is 1. The van der Waals surface area contributed by atoms with Gasteiger partial charge in [0.25, 0.3) is 0 Å². The van der Waals surface area contributed by atoms with Crippen LogP contribution in [0.25, 0.3) is 15.3 Å². The number of amides is 2. The van der Waals surface area contributed by atoms with Crippen LogP contribution in [0, 0.1) is 0 Å². The first kappa shape index (κ1) is 28.9. The molecular formula is C23H26N4O7SSe. The van der Waals surface area contributed by atoms with Crippen LogP contribution in [0.15, 0.2) is 59.4 Å². The van der Waals surface area contributed by atoms with E-state index in [0.717, 1.165) is 11.1 Å². The first-order valence-electron chi connectivity index (χ1n) is 10.7. The van der Waals surface area contributed by atoms with Gasteiger partial charge in [0.15, 0.2) is 0 Å². The molecule has 0 aliphatic heterocycles. The van der Waals surface area contributed by atoms with Crippen LogP contribution in [0.2, 0.25) is 0 Å². The van der Waals surface area contributed by atoms with E-state index in [-0.39, 0.29) is 38.9 Å². The van der Waals surface area contributed by atoms with E-state index in [2.05, 4.69) is 23.3 Å². The molecule has 0 unspecified atom stereocenters. The number of benzene rings is 2. The predicted molar refractivity (Wildman–Crippen MR) is 138 cm³/mol. The zero-order valence-electron chi connectivity index (χ0n) is 19.0. The molecule has 3 aromatic rings. The van der Waals surface area contributed by atoms with E-state index in [1.54, 1.807) is 0 Å². The number of nitrogens with one attached hydrogen (secondary N) is 2. The van der Waals surface area contributed by atoms with Crippen LogP contribution in [-0.4, -0.2) is 76.6 Å². The van der Waals surface area contributed by atoms with E-state index in [1.807, 2.05) is 58.2 Å². The minimum atomic E-state index is -1.22. The number of carboxylic acids is 2. The SMILES string of the molecule is N[C@@H](CCC(=O)N[C@@H](CS)C(=O)NCC(=O)O)C(=O)O.O=c1c2ccccc2[se]n1-c1ccccc1. The number of hydrogen-bond acceptors (Lipinski definition) is 7. The number of fused-ring (bicyclic) bond motifs is 1. The molecule has 36 heavy (non-hydrogen) atoms. The summed E-state index contributed by atoms with van der Waals surface area (Å²) in [4.78, 5) is 55.9. The van der Waals surface area contributed by atoms with Gasteiger partial charge in [0.2, 0.25) is 11.8 Å². The summed E-state index contributed by atoms with van der Waals surface area (Å²) in [5.74, 6) is -3.70. The Balaban J connectivity index is 0.000000257. The fourth-order valence-electron chi connectivity index (χ4n) is 2.86. The van der Waals surface area contributed by atoms with Crippen LogP contribution >= 0.6 is 12.6 Å². The molecule has 0 radical (unpaired) electrons. The van der Waals surface area contributed by atoms with E-state index in [9.17, 15) is 24.0 Å². The zero-order valence-corrected chi connectivity index (χ0v) is 21.6. The normalized spacial score (nSPS) is 12.1. The summed E-state index contributed by atoms with van der Waals surface area (Å²) in [6.45, 7) is -0.567. The van der Waals surface area contributed by atoms with E-state index in [0.29, 0.717) is 0 Å². The summed E-state index contributed by atoms with van der Waals surface area (Å²) in [6, 6.07) is 15.5. The average Bonchev–Trinajstić information content (AvgIpc) is 3.21. The number of carbonyl (C=O) groups excluding carboxylic acids is 2. The number of nitrogens with two attached hydrogens (primary N) is 1. The number of aromatic nitrogens is 1. The van der Waals surface area contributed by atoms with Gasteiger partial charge in [0.1, 0.15) is 18.6 Å². The monoisotopic (exact) mass is 582 g/mol. The van der Waals surface area contributed by atoms with Gasteiger partial charge in [0, 0.05) is 12.2 Å². The van der Waals surface area contributed by atoms with Crippen molar-refractivity contribution in [3.05, 3.63) is 65.0 Å². The van der Waals surface area contributed by atoms with Crippen molar-refractivity contribution in [1.29, 1.82) is 0 Å². The van der Waals surface area contributed by atoms with Crippen molar-refractivity contribution in [2.24, 2.45) is 5.73 Å². The minimum absolute atomic E-state index is 0.0256. The summed E-state index contributed by atoms with van der Waals surface area (Å²) < 4.78 is 3.04. The molecule has 0 spiro atoms. The second-order valence-corrected chi connectivity index (χ2v) is 9.86. The maximum atomic E-state index is 12.1. The van der Waals surface area contributed by atoms with Gasteiger partial charge in [-0.25, -0.2) is 0 Å². The molecule has 6 N–H and O–H groups in total. The van der Waals surface area contributed by atoms with Crippen LogP contribution in [0.1, 0.15) is 12.8 Å². The number of carbonyl (C=O) groups is 4. The van der Waals surface area contributed by atoms with Crippen molar-refractivity contribution in [2.45, 2.75) is 24.9 Å². The summed E-state index contributed by atoms with van der Waals surface area (Å²) in [5.41, 5.74) is 6.35. The quantitative estimate of drug-likeness (QED) is 0.141. The molecule has 0 saturated heterocycles. The molecule has 0 bridgehead atoms. The van der Waals surface area contributed by atoms with Gasteiger partial charge in [-0.15, -0.1) is 0 Å². The molecule has 2 atom stereocenters. The van der Waals surface area contributed by atoms with Crippen molar-refractivity contribution in [3.8, 4) is 5.69 Å². The molecular weight excluding hydrogens is 555 g/mol. The van der Waals surface area contributed by atoms with Crippen LogP contribution in [-0.2, 0) is 19.2 Å². The summed E-state index contributed by atoms with van der Waals surface area (Å²) in [7, 11) is 0. The Morgan fingerprint density at radius 2 is 1.67 bits per heavy atom. The molecule has 192 valence electrons. The molecule has 0 aliphatic rings. The Kier molecular flexibility index (Phi) is 11.4. The van der Waals surface area contributed by atoms with E-state index in [1.165, 1.54) is 4.26 Å². The Bertz CT molecular complexity index is 1260. The predicted octanol–water partition coefficient (Wildman–Crippen LogP) is -0.158. The number of carboxylic acid groups (broad SMARTS) is 2. The zero-order chi connectivity index (χ0) is 26.7. The number of rotatable bonds is 10. The Hall–Kier alpha value is -3.38. The van der Waals surface area contributed by atoms with Crippen molar-refractivity contribution in [2.75, 3.05) is 12.3 Å². The number of nitrogens with zero attached hydrogens (tertiary/aromatic N) is 1. The summed E-state index contributed by atoms with van der Waals surface area (Å²) >= 11 is 3.95. The molecule has 2 amide bonds. The van der Waals surface area contributed by atoms with Gasteiger partial charge in [-0.3, -0.25) is 19.2 Å².